The fourth-order valence-electron chi connectivity index (χ4n) is 1.38. The molecule has 0 aliphatic rings. The number of anilines is 1. The summed E-state index contributed by atoms with van der Waals surface area (Å²) in [6.45, 7) is 5.63. The van der Waals surface area contributed by atoms with E-state index in [2.05, 4.69) is 10.6 Å². The van der Waals surface area contributed by atoms with Crippen LogP contribution < -0.4 is 16.4 Å². The topological polar surface area (TPSA) is 67.2 Å². The molecule has 0 unspecified atom stereocenters. The Kier molecular flexibility index (Phi) is 4.07. The highest BCUT2D eigenvalue weighted by molar-refractivity contribution is 5.90. The molecule has 5 heteroatoms. The molecule has 0 saturated carbocycles. The molecule has 0 bridgehead atoms. The molecule has 1 rings (SSSR count). The highest BCUT2D eigenvalue weighted by atomic mass is 19.1. The van der Waals surface area contributed by atoms with E-state index < -0.39 is 5.82 Å². The molecule has 0 aromatic heterocycles. The number of nitrogens with one attached hydrogen (secondary N) is 2. The molecule has 0 radical (unpaired) electrons. The molecule has 0 spiro atoms. The standard InChI is InChI=1S/C12H18FN3O/c1-12(2,3)16-11(17)15-10-6-4-5-9(13)8(10)7-14/h4-6H,7,14H2,1-3H3,(H2,15,16,17). The summed E-state index contributed by atoms with van der Waals surface area (Å²) in [5.74, 6) is -0.416. The average molecular weight is 239 g/mol. The highest BCUT2D eigenvalue weighted by Crippen LogP contribution is 2.18. The lowest BCUT2D eigenvalue weighted by Gasteiger charge is -2.21. The van der Waals surface area contributed by atoms with Gasteiger partial charge in [-0.1, -0.05) is 6.07 Å². The van der Waals surface area contributed by atoms with Gasteiger partial charge in [-0.15, -0.1) is 0 Å². The Morgan fingerprint density at radius 2 is 2.06 bits per heavy atom. The smallest absolute Gasteiger partial charge is 0.319 e. The van der Waals surface area contributed by atoms with E-state index in [0.29, 0.717) is 11.3 Å². The quantitative estimate of drug-likeness (QED) is 0.740. The van der Waals surface area contributed by atoms with Crippen LogP contribution in [0, 0.1) is 5.82 Å². The van der Waals surface area contributed by atoms with Crippen molar-refractivity contribution in [2.24, 2.45) is 5.73 Å². The van der Waals surface area contributed by atoms with Crippen LogP contribution >= 0.6 is 0 Å². The Balaban J connectivity index is 2.82. The molecule has 0 aliphatic carbocycles. The lowest BCUT2D eigenvalue weighted by molar-refractivity contribution is 0.244. The summed E-state index contributed by atoms with van der Waals surface area (Å²) in [5, 5.41) is 5.31. The summed E-state index contributed by atoms with van der Waals surface area (Å²) in [4.78, 5) is 11.6. The van der Waals surface area contributed by atoms with Gasteiger partial charge in [-0.05, 0) is 32.9 Å². The molecule has 0 fully saturated rings. The molecular weight excluding hydrogens is 221 g/mol. The lowest BCUT2D eigenvalue weighted by atomic mass is 10.1. The monoisotopic (exact) mass is 239 g/mol. The maximum Gasteiger partial charge on any atom is 0.319 e. The van der Waals surface area contributed by atoms with Crippen molar-refractivity contribution in [1.29, 1.82) is 0 Å². The van der Waals surface area contributed by atoms with Gasteiger partial charge in [-0.25, -0.2) is 9.18 Å². The van der Waals surface area contributed by atoms with Gasteiger partial charge in [0.25, 0.3) is 0 Å². The summed E-state index contributed by atoms with van der Waals surface area (Å²) >= 11 is 0. The average Bonchev–Trinajstić information content (AvgIpc) is 2.14. The van der Waals surface area contributed by atoms with E-state index in [4.69, 9.17) is 5.73 Å². The van der Waals surface area contributed by atoms with E-state index in [-0.39, 0.29) is 18.1 Å². The molecule has 1 aromatic carbocycles. The second-order valence-corrected chi connectivity index (χ2v) is 4.80. The number of carbonyl (C=O) groups excluding carboxylic acids is 1. The Bertz CT molecular complexity index is 413. The van der Waals surface area contributed by atoms with Crippen molar-refractivity contribution >= 4 is 11.7 Å². The number of nitrogens with two attached hydrogens (primary N) is 1. The first-order valence-corrected chi connectivity index (χ1v) is 5.40. The van der Waals surface area contributed by atoms with Crippen molar-refractivity contribution in [3.05, 3.63) is 29.6 Å². The molecule has 0 aliphatic heterocycles. The van der Waals surface area contributed by atoms with Crippen molar-refractivity contribution in [2.45, 2.75) is 32.9 Å². The SMILES string of the molecule is CC(C)(C)NC(=O)Nc1cccc(F)c1CN. The molecular formula is C12H18FN3O. The molecule has 4 nitrogen and oxygen atoms in total. The van der Waals surface area contributed by atoms with E-state index >= 15 is 0 Å². The molecule has 94 valence electrons. The van der Waals surface area contributed by atoms with Gasteiger partial charge in [0.1, 0.15) is 5.82 Å². The van der Waals surface area contributed by atoms with Gasteiger partial charge in [0, 0.05) is 23.3 Å². The minimum atomic E-state index is -0.416. The van der Waals surface area contributed by atoms with Gasteiger partial charge in [0.2, 0.25) is 0 Å². The minimum absolute atomic E-state index is 0.0395. The zero-order valence-electron chi connectivity index (χ0n) is 10.3. The van der Waals surface area contributed by atoms with Crippen LogP contribution in [-0.2, 0) is 6.54 Å². The summed E-state index contributed by atoms with van der Waals surface area (Å²) in [5.41, 5.74) is 5.80. The summed E-state index contributed by atoms with van der Waals surface area (Å²) in [6, 6.07) is 4.09. The number of amides is 2. The Morgan fingerprint density at radius 3 is 2.59 bits per heavy atom. The minimum Gasteiger partial charge on any atom is -0.333 e. The third-order valence-electron chi connectivity index (χ3n) is 2.06. The van der Waals surface area contributed by atoms with Crippen molar-refractivity contribution in [2.75, 3.05) is 5.32 Å². The Hall–Kier alpha value is -1.62. The van der Waals surface area contributed by atoms with E-state index in [1.807, 2.05) is 20.8 Å². The summed E-state index contributed by atoms with van der Waals surface area (Å²) in [6.07, 6.45) is 0. The molecule has 0 saturated heterocycles. The molecule has 0 heterocycles. The van der Waals surface area contributed by atoms with Crippen molar-refractivity contribution in [1.82, 2.24) is 5.32 Å². The van der Waals surface area contributed by atoms with Crippen LogP contribution in [0.4, 0.5) is 14.9 Å². The van der Waals surface area contributed by atoms with E-state index in [1.165, 1.54) is 12.1 Å². The van der Waals surface area contributed by atoms with Gasteiger partial charge in [-0.2, -0.15) is 0 Å². The molecule has 4 N–H and O–H groups in total. The number of benzene rings is 1. The fourth-order valence-corrected chi connectivity index (χ4v) is 1.38. The van der Waals surface area contributed by atoms with Crippen LogP contribution in [-0.4, -0.2) is 11.6 Å². The maximum atomic E-state index is 13.4. The zero-order valence-corrected chi connectivity index (χ0v) is 10.3. The van der Waals surface area contributed by atoms with Crippen LogP contribution in [0.15, 0.2) is 18.2 Å². The fraction of sp³-hybridized carbons (Fsp3) is 0.417. The van der Waals surface area contributed by atoms with Crippen LogP contribution in [0.5, 0.6) is 0 Å². The van der Waals surface area contributed by atoms with Crippen LogP contribution in [0.2, 0.25) is 0 Å². The number of hydrogen-bond donors (Lipinski definition) is 3. The van der Waals surface area contributed by atoms with Gasteiger partial charge >= 0.3 is 6.03 Å². The molecule has 2 amide bonds. The van der Waals surface area contributed by atoms with E-state index in [9.17, 15) is 9.18 Å². The van der Waals surface area contributed by atoms with Gasteiger partial charge < -0.3 is 16.4 Å². The Morgan fingerprint density at radius 1 is 1.41 bits per heavy atom. The first kappa shape index (κ1) is 13.4. The molecule has 17 heavy (non-hydrogen) atoms. The number of halogens is 1. The van der Waals surface area contributed by atoms with Gasteiger partial charge in [-0.3, -0.25) is 0 Å². The number of urea groups is 1. The molecule has 1 aromatic rings. The Labute approximate surface area is 100 Å². The number of carbonyl (C=O) groups is 1. The lowest BCUT2D eigenvalue weighted by Crippen LogP contribution is -2.43. The van der Waals surface area contributed by atoms with Gasteiger partial charge in [0.05, 0.1) is 0 Å². The van der Waals surface area contributed by atoms with Crippen molar-refractivity contribution < 1.29 is 9.18 Å². The predicted octanol–water partition coefficient (Wildman–Crippen LogP) is 2.20. The number of rotatable bonds is 2. The summed E-state index contributed by atoms with van der Waals surface area (Å²) in [7, 11) is 0. The third kappa shape index (κ3) is 4.03. The van der Waals surface area contributed by atoms with Crippen molar-refractivity contribution in [3.8, 4) is 0 Å². The first-order chi connectivity index (χ1) is 7.83. The van der Waals surface area contributed by atoms with Crippen LogP contribution in [0.25, 0.3) is 0 Å². The zero-order chi connectivity index (χ0) is 13.1. The largest absolute Gasteiger partial charge is 0.333 e. The van der Waals surface area contributed by atoms with E-state index in [1.54, 1.807) is 6.07 Å². The van der Waals surface area contributed by atoms with E-state index in [0.717, 1.165) is 0 Å². The van der Waals surface area contributed by atoms with Crippen LogP contribution in [0.3, 0.4) is 0 Å². The van der Waals surface area contributed by atoms with Gasteiger partial charge in [0.15, 0.2) is 0 Å². The highest BCUT2D eigenvalue weighted by Gasteiger charge is 2.15. The second-order valence-electron chi connectivity index (χ2n) is 4.80. The third-order valence-corrected chi connectivity index (χ3v) is 2.06. The second kappa shape index (κ2) is 5.14. The molecule has 0 atom stereocenters. The van der Waals surface area contributed by atoms with Crippen molar-refractivity contribution in [3.63, 3.8) is 0 Å². The summed E-state index contributed by atoms with van der Waals surface area (Å²) < 4.78 is 13.4. The first-order valence-electron chi connectivity index (χ1n) is 5.40. The predicted molar refractivity (Wildman–Crippen MR) is 66.2 cm³/mol. The maximum absolute atomic E-state index is 13.4. The van der Waals surface area contributed by atoms with Crippen LogP contribution in [0.1, 0.15) is 26.3 Å². The normalized spacial score (nSPS) is 11.1. The number of hydrogen-bond acceptors (Lipinski definition) is 2.